The maximum atomic E-state index is 12.5. The monoisotopic (exact) mass is 344 g/mol. The largest absolute Gasteiger partial charge is 0.459 e. The summed E-state index contributed by atoms with van der Waals surface area (Å²) in [7, 11) is 0. The van der Waals surface area contributed by atoms with Crippen molar-refractivity contribution in [1.29, 1.82) is 0 Å². The lowest BCUT2D eigenvalue weighted by Crippen LogP contribution is -2.41. The normalized spacial score (nSPS) is 12.8. The van der Waals surface area contributed by atoms with Gasteiger partial charge in [0.2, 0.25) is 0 Å². The Hall–Kier alpha value is -1.85. The maximum absolute atomic E-state index is 12.5. The Morgan fingerprint density at radius 3 is 2.13 bits per heavy atom. The second-order valence-electron chi connectivity index (χ2n) is 4.50. The second kappa shape index (κ2) is 9.33. The summed E-state index contributed by atoms with van der Waals surface area (Å²) in [6.07, 6.45) is -6.66. The van der Waals surface area contributed by atoms with Crippen LogP contribution in [0.4, 0.5) is 22.0 Å². The number of carbonyl (C=O) groups is 2. The molecule has 0 N–H and O–H groups in total. The van der Waals surface area contributed by atoms with Gasteiger partial charge in [0.25, 0.3) is 0 Å². The van der Waals surface area contributed by atoms with Crippen LogP contribution in [0.15, 0.2) is 0 Å². The molecule has 0 fully saturated rings. The van der Waals surface area contributed by atoms with Crippen molar-refractivity contribution in [2.75, 3.05) is 6.61 Å². The lowest BCUT2D eigenvalue weighted by molar-refractivity contribution is -0.294. The van der Waals surface area contributed by atoms with Crippen molar-refractivity contribution in [1.82, 2.24) is 0 Å². The molecule has 1 unspecified atom stereocenters. The van der Waals surface area contributed by atoms with Gasteiger partial charge in [-0.05, 0) is 19.8 Å². The van der Waals surface area contributed by atoms with Crippen molar-refractivity contribution in [3.63, 3.8) is 0 Å². The first-order valence-corrected chi connectivity index (χ1v) is 6.75. The van der Waals surface area contributed by atoms with E-state index < -0.39 is 43.2 Å². The van der Waals surface area contributed by atoms with E-state index in [1.54, 1.807) is 13.8 Å². The zero-order valence-electron chi connectivity index (χ0n) is 12.6. The molecule has 0 aliphatic rings. The predicted molar refractivity (Wildman–Crippen MR) is 69.4 cm³/mol. The molecule has 0 aromatic rings. The Morgan fingerprint density at radius 1 is 1.09 bits per heavy atom. The highest BCUT2D eigenvalue weighted by Gasteiger charge is 2.58. The number of halogens is 5. The molecule has 0 rings (SSSR count). The zero-order valence-corrected chi connectivity index (χ0v) is 12.6. The molecular formula is C14H17F5O4. The third-order valence-electron chi connectivity index (χ3n) is 2.54. The van der Waals surface area contributed by atoms with Crippen LogP contribution in [0.5, 0.6) is 0 Å². The van der Waals surface area contributed by atoms with Gasteiger partial charge in [0.15, 0.2) is 12.7 Å². The van der Waals surface area contributed by atoms with Crippen LogP contribution in [0.1, 0.15) is 39.5 Å². The molecule has 0 aromatic heterocycles. The standard InChI is InChI=1S/C14H17F5O4/c1-3-6-10(4-2)23-12(21)8-5-7-11(20)22-9-13(15,16)14(17,18)19/h10H,4-5,7-9H2,1-2H3. The molecule has 0 radical (unpaired) electrons. The van der Waals surface area contributed by atoms with E-state index in [-0.39, 0.29) is 12.8 Å². The van der Waals surface area contributed by atoms with Crippen molar-refractivity contribution in [3.8, 4) is 11.8 Å². The van der Waals surface area contributed by atoms with E-state index in [0.29, 0.717) is 6.42 Å². The van der Waals surface area contributed by atoms with Gasteiger partial charge < -0.3 is 9.47 Å². The van der Waals surface area contributed by atoms with Crippen LogP contribution in [0, 0.1) is 11.8 Å². The van der Waals surface area contributed by atoms with Crippen LogP contribution < -0.4 is 0 Å². The fourth-order valence-electron chi connectivity index (χ4n) is 1.30. The molecule has 0 amide bonds. The molecule has 1 atom stereocenters. The first-order chi connectivity index (χ1) is 10.5. The first kappa shape index (κ1) is 21.1. The van der Waals surface area contributed by atoms with Crippen molar-refractivity contribution < 1.29 is 41.0 Å². The topological polar surface area (TPSA) is 52.6 Å². The minimum absolute atomic E-state index is 0.0920. The summed E-state index contributed by atoms with van der Waals surface area (Å²) in [5, 5.41) is 0. The van der Waals surface area contributed by atoms with Crippen molar-refractivity contribution in [2.24, 2.45) is 0 Å². The fourth-order valence-corrected chi connectivity index (χ4v) is 1.30. The van der Waals surface area contributed by atoms with Crippen molar-refractivity contribution >= 4 is 11.9 Å². The summed E-state index contributed by atoms with van der Waals surface area (Å²) in [4.78, 5) is 22.5. The zero-order chi connectivity index (χ0) is 18.1. The van der Waals surface area contributed by atoms with E-state index in [4.69, 9.17) is 4.74 Å². The Balaban J connectivity index is 4.07. The number of carbonyl (C=O) groups excluding carboxylic acids is 2. The molecule has 23 heavy (non-hydrogen) atoms. The average Bonchev–Trinajstić information content (AvgIpc) is 2.43. The molecule has 0 saturated heterocycles. The van der Waals surface area contributed by atoms with Gasteiger partial charge in [0, 0.05) is 12.8 Å². The molecule has 0 spiro atoms. The summed E-state index contributed by atoms with van der Waals surface area (Å²) in [6.45, 7) is 1.24. The third-order valence-corrected chi connectivity index (χ3v) is 2.54. The SMILES string of the molecule is CC#CC(CC)OC(=O)CCCC(=O)OCC(F)(F)C(F)(F)F. The van der Waals surface area contributed by atoms with Crippen LogP contribution >= 0.6 is 0 Å². The predicted octanol–water partition coefficient (Wildman–Crippen LogP) is 3.24. The third kappa shape index (κ3) is 8.38. The van der Waals surface area contributed by atoms with Gasteiger partial charge in [0.05, 0.1) is 0 Å². The van der Waals surface area contributed by atoms with Crippen LogP contribution in [0.2, 0.25) is 0 Å². The lowest BCUT2D eigenvalue weighted by atomic mass is 10.2. The van der Waals surface area contributed by atoms with E-state index in [1.807, 2.05) is 0 Å². The van der Waals surface area contributed by atoms with Gasteiger partial charge in [-0.3, -0.25) is 9.59 Å². The molecule has 0 saturated carbocycles. The number of ether oxygens (including phenoxy) is 2. The van der Waals surface area contributed by atoms with E-state index in [9.17, 15) is 31.5 Å². The molecule has 4 nitrogen and oxygen atoms in total. The first-order valence-electron chi connectivity index (χ1n) is 6.75. The Kier molecular flexibility index (Phi) is 8.58. The van der Waals surface area contributed by atoms with E-state index in [0.717, 1.165) is 0 Å². The second-order valence-corrected chi connectivity index (χ2v) is 4.50. The fraction of sp³-hybridized carbons (Fsp3) is 0.714. The number of alkyl halides is 5. The molecule has 0 aliphatic carbocycles. The summed E-state index contributed by atoms with van der Waals surface area (Å²) >= 11 is 0. The van der Waals surface area contributed by atoms with Gasteiger partial charge in [0.1, 0.15) is 0 Å². The van der Waals surface area contributed by atoms with Crippen LogP contribution in [0.3, 0.4) is 0 Å². The van der Waals surface area contributed by atoms with Gasteiger partial charge >= 0.3 is 24.0 Å². The molecule has 0 aromatic carbocycles. The molecule has 0 aliphatic heterocycles. The van der Waals surface area contributed by atoms with Gasteiger partial charge in [-0.2, -0.15) is 22.0 Å². The average molecular weight is 344 g/mol. The van der Waals surface area contributed by atoms with E-state index in [1.165, 1.54) is 0 Å². The molecular weight excluding hydrogens is 327 g/mol. The lowest BCUT2D eigenvalue weighted by Gasteiger charge is -2.19. The van der Waals surface area contributed by atoms with E-state index in [2.05, 4.69) is 16.6 Å². The number of esters is 2. The van der Waals surface area contributed by atoms with Gasteiger partial charge in [-0.25, -0.2) is 0 Å². The summed E-state index contributed by atoms with van der Waals surface area (Å²) in [5.74, 6) is -1.78. The van der Waals surface area contributed by atoms with Crippen LogP contribution in [-0.2, 0) is 19.1 Å². The number of rotatable bonds is 8. The molecule has 132 valence electrons. The minimum atomic E-state index is -5.79. The van der Waals surface area contributed by atoms with Gasteiger partial charge in [-0.1, -0.05) is 12.8 Å². The van der Waals surface area contributed by atoms with Crippen LogP contribution in [0.25, 0.3) is 0 Å². The van der Waals surface area contributed by atoms with E-state index >= 15 is 0 Å². The Morgan fingerprint density at radius 2 is 1.65 bits per heavy atom. The molecule has 0 heterocycles. The minimum Gasteiger partial charge on any atom is -0.459 e. The van der Waals surface area contributed by atoms with Crippen LogP contribution in [-0.4, -0.2) is 36.7 Å². The Labute approximate surface area is 130 Å². The Bertz CT molecular complexity index is 462. The van der Waals surface area contributed by atoms with Gasteiger partial charge in [-0.15, -0.1) is 5.92 Å². The summed E-state index contributed by atoms with van der Waals surface area (Å²) in [5.41, 5.74) is 0. The number of hydrogen-bond donors (Lipinski definition) is 0. The molecule has 0 bridgehead atoms. The highest BCUT2D eigenvalue weighted by Crippen LogP contribution is 2.35. The highest BCUT2D eigenvalue weighted by atomic mass is 19.4. The summed E-state index contributed by atoms with van der Waals surface area (Å²) in [6, 6.07) is 0. The number of hydrogen-bond acceptors (Lipinski definition) is 4. The highest BCUT2D eigenvalue weighted by molar-refractivity contribution is 5.72. The quantitative estimate of drug-likeness (QED) is 0.385. The van der Waals surface area contributed by atoms with Crippen molar-refractivity contribution in [3.05, 3.63) is 0 Å². The molecule has 9 heteroatoms. The summed E-state index contributed by atoms with van der Waals surface area (Å²) < 4.78 is 69.4. The smallest absolute Gasteiger partial charge is 0.456 e. The maximum Gasteiger partial charge on any atom is 0.456 e. The van der Waals surface area contributed by atoms with Crippen molar-refractivity contribution in [2.45, 2.75) is 57.7 Å².